The lowest BCUT2D eigenvalue weighted by molar-refractivity contribution is -0.117. The Balaban J connectivity index is 4.32. The van der Waals surface area contributed by atoms with Crippen LogP contribution in [0.1, 0.15) is 13.8 Å². The van der Waals surface area contributed by atoms with E-state index in [0.717, 1.165) is 0 Å². The summed E-state index contributed by atoms with van der Waals surface area (Å²) in [6, 6.07) is 0.116. The fourth-order valence-electron chi connectivity index (χ4n) is 0.648. The molecule has 0 unspecified atom stereocenters. The zero-order valence-corrected chi connectivity index (χ0v) is 7.50. The summed E-state index contributed by atoms with van der Waals surface area (Å²) in [4.78, 5) is 14.7. The summed E-state index contributed by atoms with van der Waals surface area (Å²) in [5.74, 6) is -0.174. The molecule has 0 saturated carbocycles. The molecule has 0 aliphatic carbocycles. The van der Waals surface area contributed by atoms with Gasteiger partial charge in [-0.25, -0.2) is 0 Å². The molecule has 0 heterocycles. The van der Waals surface area contributed by atoms with Crippen molar-refractivity contribution < 1.29 is 4.79 Å². The van der Waals surface area contributed by atoms with Crippen molar-refractivity contribution in [2.45, 2.75) is 19.9 Å². The van der Waals surface area contributed by atoms with E-state index in [2.05, 4.69) is 23.6 Å². The first-order valence-electron chi connectivity index (χ1n) is 3.71. The van der Waals surface area contributed by atoms with Crippen LogP contribution < -0.4 is 5.32 Å². The second-order valence-corrected chi connectivity index (χ2v) is 2.60. The van der Waals surface area contributed by atoms with E-state index in [1.165, 1.54) is 12.3 Å². The summed E-state index contributed by atoms with van der Waals surface area (Å²) < 4.78 is 0. The number of nitrogens with zero attached hydrogens (tertiary/aromatic N) is 1. The summed E-state index contributed by atoms with van der Waals surface area (Å²) in [7, 11) is 0. The molecule has 66 valence electrons. The minimum atomic E-state index is -0.174. The molecule has 0 spiro atoms. The molecule has 0 aromatic carbocycles. The highest BCUT2D eigenvalue weighted by atomic mass is 16.1. The van der Waals surface area contributed by atoms with Gasteiger partial charge in [-0.2, -0.15) is 0 Å². The van der Waals surface area contributed by atoms with Crippen LogP contribution in [0.5, 0.6) is 0 Å². The lowest BCUT2D eigenvalue weighted by Gasteiger charge is -2.07. The van der Waals surface area contributed by atoms with Crippen LogP contribution in [0.4, 0.5) is 0 Å². The van der Waals surface area contributed by atoms with Gasteiger partial charge in [0.15, 0.2) is 0 Å². The zero-order chi connectivity index (χ0) is 9.56. The van der Waals surface area contributed by atoms with Crippen molar-refractivity contribution in [2.24, 2.45) is 4.99 Å². The topological polar surface area (TPSA) is 41.5 Å². The number of nitrogens with one attached hydrogen (secondary N) is 1. The molecular formula is C9H14N2O. The number of carbonyl (C=O) groups is 1. The maximum absolute atomic E-state index is 11.2. The highest BCUT2D eigenvalue weighted by Gasteiger charge is 2.05. The molecule has 0 aliphatic rings. The van der Waals surface area contributed by atoms with Crippen molar-refractivity contribution in [3.8, 4) is 0 Å². The van der Waals surface area contributed by atoms with Gasteiger partial charge in [-0.3, -0.25) is 9.79 Å². The summed E-state index contributed by atoms with van der Waals surface area (Å²) in [5, 5.41) is 2.71. The van der Waals surface area contributed by atoms with Gasteiger partial charge in [0, 0.05) is 12.2 Å². The molecule has 0 rings (SSSR count). The lowest BCUT2D eigenvalue weighted by Crippen LogP contribution is -2.30. The number of amides is 1. The van der Waals surface area contributed by atoms with Gasteiger partial charge in [-0.15, -0.1) is 0 Å². The van der Waals surface area contributed by atoms with Crippen LogP contribution in [-0.2, 0) is 4.79 Å². The molecule has 0 atom stereocenters. The monoisotopic (exact) mass is 166 g/mol. The number of carbonyl (C=O) groups excluding carboxylic acids is 1. The summed E-state index contributed by atoms with van der Waals surface area (Å²) in [5.41, 5.74) is 0.429. The third-order valence-electron chi connectivity index (χ3n) is 1.13. The predicted molar refractivity (Wildman–Crippen MR) is 51.1 cm³/mol. The Kier molecular flexibility index (Phi) is 4.69. The van der Waals surface area contributed by atoms with Gasteiger partial charge in [0.1, 0.15) is 0 Å². The molecule has 1 amide bonds. The van der Waals surface area contributed by atoms with Gasteiger partial charge in [0.25, 0.3) is 5.91 Å². The Bertz CT molecular complexity index is 217. The fourth-order valence-corrected chi connectivity index (χ4v) is 0.648. The Morgan fingerprint density at radius 3 is 2.50 bits per heavy atom. The first-order chi connectivity index (χ1) is 5.61. The zero-order valence-electron chi connectivity index (χ0n) is 7.50. The van der Waals surface area contributed by atoms with Crippen LogP contribution in [0.25, 0.3) is 0 Å². The van der Waals surface area contributed by atoms with E-state index in [1.54, 1.807) is 0 Å². The van der Waals surface area contributed by atoms with E-state index in [-0.39, 0.29) is 11.9 Å². The largest absolute Gasteiger partial charge is 0.350 e. The van der Waals surface area contributed by atoms with Crippen molar-refractivity contribution >= 4 is 12.6 Å². The molecular weight excluding hydrogens is 152 g/mol. The summed E-state index contributed by atoms with van der Waals surface area (Å²) in [6.07, 6.45) is 2.83. The van der Waals surface area contributed by atoms with E-state index in [1.807, 2.05) is 13.8 Å². The minimum Gasteiger partial charge on any atom is -0.350 e. The minimum absolute atomic E-state index is 0.116. The van der Waals surface area contributed by atoms with E-state index >= 15 is 0 Å². The van der Waals surface area contributed by atoms with Crippen LogP contribution in [0.3, 0.4) is 0 Å². The molecule has 1 N–H and O–H groups in total. The smallest absolute Gasteiger partial charge is 0.253 e. The van der Waals surface area contributed by atoms with E-state index < -0.39 is 0 Å². The molecule has 12 heavy (non-hydrogen) atoms. The van der Waals surface area contributed by atoms with Crippen LogP contribution >= 0.6 is 0 Å². The third-order valence-corrected chi connectivity index (χ3v) is 1.13. The quantitative estimate of drug-likeness (QED) is 0.381. The molecule has 0 saturated heterocycles. The molecule has 0 bridgehead atoms. The number of rotatable bonds is 4. The third kappa shape index (κ3) is 3.71. The highest BCUT2D eigenvalue weighted by Crippen LogP contribution is 1.96. The Labute approximate surface area is 72.9 Å². The van der Waals surface area contributed by atoms with Crippen molar-refractivity contribution in [3.05, 3.63) is 24.4 Å². The van der Waals surface area contributed by atoms with Crippen LogP contribution in [0, 0.1) is 0 Å². The van der Waals surface area contributed by atoms with E-state index in [9.17, 15) is 4.79 Å². The van der Waals surface area contributed by atoms with Crippen molar-refractivity contribution in [2.75, 3.05) is 0 Å². The van der Waals surface area contributed by atoms with Crippen LogP contribution in [-0.4, -0.2) is 18.7 Å². The normalized spacial score (nSPS) is 11.1. The SMILES string of the molecule is C=C/C(=C\N=C)C(=O)NC(C)C. The Morgan fingerprint density at radius 1 is 1.58 bits per heavy atom. The van der Waals surface area contributed by atoms with Crippen molar-refractivity contribution in [1.82, 2.24) is 5.32 Å². The summed E-state index contributed by atoms with van der Waals surface area (Å²) in [6.45, 7) is 10.5. The molecule has 0 fully saturated rings. The average molecular weight is 166 g/mol. The molecule has 0 aromatic rings. The number of aliphatic imine (C=N–C) groups is 1. The standard InChI is InChI=1S/C9H14N2O/c1-5-8(6-10-4)9(12)11-7(2)3/h5-7H,1,4H2,2-3H3,(H,11,12)/b8-6+. The maximum atomic E-state index is 11.2. The fraction of sp³-hybridized carbons (Fsp3) is 0.333. The molecule has 0 aromatic heterocycles. The predicted octanol–water partition coefficient (Wildman–Crippen LogP) is 1.28. The number of hydrogen-bond donors (Lipinski definition) is 1. The molecule has 3 nitrogen and oxygen atoms in total. The Hall–Kier alpha value is -1.38. The Morgan fingerprint density at radius 2 is 2.17 bits per heavy atom. The summed E-state index contributed by atoms with van der Waals surface area (Å²) >= 11 is 0. The van der Waals surface area contributed by atoms with Gasteiger partial charge in [0.05, 0.1) is 5.57 Å². The highest BCUT2D eigenvalue weighted by molar-refractivity contribution is 5.96. The maximum Gasteiger partial charge on any atom is 0.253 e. The lowest BCUT2D eigenvalue weighted by atomic mass is 10.2. The van der Waals surface area contributed by atoms with Crippen LogP contribution in [0.15, 0.2) is 29.4 Å². The second-order valence-electron chi connectivity index (χ2n) is 2.60. The van der Waals surface area contributed by atoms with Gasteiger partial charge in [0.2, 0.25) is 0 Å². The molecule has 0 aliphatic heterocycles. The average Bonchev–Trinajstić information content (AvgIpc) is 1.98. The van der Waals surface area contributed by atoms with Gasteiger partial charge >= 0.3 is 0 Å². The van der Waals surface area contributed by atoms with Gasteiger partial charge in [-0.1, -0.05) is 12.7 Å². The second kappa shape index (κ2) is 5.29. The van der Waals surface area contributed by atoms with Crippen molar-refractivity contribution in [3.63, 3.8) is 0 Å². The van der Waals surface area contributed by atoms with E-state index in [0.29, 0.717) is 5.57 Å². The van der Waals surface area contributed by atoms with E-state index in [4.69, 9.17) is 0 Å². The number of hydrogen-bond acceptors (Lipinski definition) is 2. The van der Waals surface area contributed by atoms with Gasteiger partial charge < -0.3 is 5.32 Å². The first-order valence-corrected chi connectivity index (χ1v) is 3.71. The first kappa shape index (κ1) is 10.6. The van der Waals surface area contributed by atoms with Gasteiger partial charge in [-0.05, 0) is 20.6 Å². The molecule has 0 radical (unpaired) electrons. The van der Waals surface area contributed by atoms with Crippen molar-refractivity contribution in [1.29, 1.82) is 0 Å². The van der Waals surface area contributed by atoms with Crippen LogP contribution in [0.2, 0.25) is 0 Å². The molecule has 3 heteroatoms.